The first-order valence-corrected chi connectivity index (χ1v) is 15.9. The van der Waals surface area contributed by atoms with Crippen molar-refractivity contribution in [2.24, 2.45) is 5.10 Å². The molecule has 0 fully saturated rings. The summed E-state index contributed by atoms with van der Waals surface area (Å²) >= 11 is 12.5. The Morgan fingerprint density at radius 2 is 1.50 bits per heavy atom. The van der Waals surface area contributed by atoms with E-state index in [1.807, 2.05) is 67.6 Å². The largest absolute Gasteiger partial charge is 0.459 e. The molecule has 0 atom stereocenters. The topological polar surface area (TPSA) is 92.0 Å². The Labute approximate surface area is 266 Å². The number of halogens is 2. The highest BCUT2D eigenvalue weighted by Crippen LogP contribution is 2.28. The Morgan fingerprint density at radius 1 is 0.864 bits per heavy atom. The van der Waals surface area contributed by atoms with Crippen LogP contribution in [0, 0.1) is 6.92 Å². The van der Waals surface area contributed by atoms with Gasteiger partial charge < -0.3 is 4.42 Å². The zero-order valence-corrected chi connectivity index (χ0v) is 26.1. The van der Waals surface area contributed by atoms with Gasteiger partial charge in [0, 0.05) is 16.6 Å². The molecule has 0 spiro atoms. The number of carbonyl (C=O) groups excluding carboxylic acids is 1. The van der Waals surface area contributed by atoms with E-state index >= 15 is 0 Å². The summed E-state index contributed by atoms with van der Waals surface area (Å²) in [6.45, 7) is 1.81. The van der Waals surface area contributed by atoms with Crippen LogP contribution < -0.4 is 5.43 Å². The molecule has 7 nitrogen and oxygen atoms in total. The summed E-state index contributed by atoms with van der Waals surface area (Å²) in [5.74, 6) is -0.138. The number of nitrogens with zero attached hydrogens (tertiary/aromatic N) is 2. The van der Waals surface area contributed by atoms with Crippen LogP contribution in [-0.4, -0.2) is 24.8 Å². The van der Waals surface area contributed by atoms with E-state index in [1.165, 1.54) is 10.5 Å². The molecule has 5 aromatic rings. The second kappa shape index (κ2) is 14.1. The molecule has 1 heterocycles. The van der Waals surface area contributed by atoms with Gasteiger partial charge in [-0.3, -0.25) is 4.79 Å². The van der Waals surface area contributed by atoms with Gasteiger partial charge in [-0.05, 0) is 60.0 Å². The van der Waals surface area contributed by atoms with Crippen molar-refractivity contribution in [3.8, 4) is 0 Å². The van der Waals surface area contributed by atoms with Crippen molar-refractivity contribution in [1.29, 1.82) is 0 Å². The van der Waals surface area contributed by atoms with E-state index in [1.54, 1.807) is 54.6 Å². The maximum atomic E-state index is 13.7. The molecule has 0 unspecified atom stereocenters. The van der Waals surface area contributed by atoms with Crippen LogP contribution in [0.3, 0.4) is 0 Å². The Morgan fingerprint density at radius 3 is 2.11 bits per heavy atom. The van der Waals surface area contributed by atoms with Gasteiger partial charge in [-0.25, -0.2) is 13.8 Å². The van der Waals surface area contributed by atoms with Gasteiger partial charge in [0.15, 0.2) is 0 Å². The monoisotopic (exact) mass is 645 g/mol. The number of aryl methyl sites for hydroxylation is 1. The number of rotatable bonds is 11. The molecule has 10 heteroatoms. The van der Waals surface area contributed by atoms with Gasteiger partial charge in [0.1, 0.15) is 11.5 Å². The smallest absolute Gasteiger partial charge is 0.252 e. The van der Waals surface area contributed by atoms with Gasteiger partial charge in [-0.1, -0.05) is 108 Å². The summed E-state index contributed by atoms with van der Waals surface area (Å²) in [6.07, 6.45) is 1.38. The third kappa shape index (κ3) is 7.65. The summed E-state index contributed by atoms with van der Waals surface area (Å²) in [6, 6.07) is 33.8. The van der Waals surface area contributed by atoms with Crippen LogP contribution in [0.2, 0.25) is 10.0 Å². The average molecular weight is 647 g/mol. The Kier molecular flexibility index (Phi) is 9.97. The molecular formula is C34H29Cl2N3O4S. The Bertz CT molecular complexity index is 1820. The zero-order chi connectivity index (χ0) is 31.1. The molecule has 0 radical (unpaired) electrons. The minimum absolute atomic E-state index is 0.00719. The molecule has 5 rings (SSSR count). The van der Waals surface area contributed by atoms with Crippen LogP contribution in [-0.2, 0) is 27.9 Å². The van der Waals surface area contributed by atoms with E-state index < -0.39 is 15.9 Å². The first-order chi connectivity index (χ1) is 21.2. The Hall–Kier alpha value is -4.21. The molecule has 0 saturated carbocycles. The highest BCUT2D eigenvalue weighted by molar-refractivity contribution is 7.89. The molecule has 1 amide bonds. The van der Waals surface area contributed by atoms with E-state index in [0.717, 1.165) is 16.7 Å². The summed E-state index contributed by atoms with van der Waals surface area (Å²) in [4.78, 5) is 13.4. The highest BCUT2D eigenvalue weighted by Gasteiger charge is 2.27. The maximum Gasteiger partial charge on any atom is 0.252 e. The predicted octanol–water partition coefficient (Wildman–Crippen LogP) is 7.57. The van der Waals surface area contributed by atoms with Crippen LogP contribution in [0.25, 0.3) is 0 Å². The number of hydrogen-bond acceptors (Lipinski definition) is 5. The normalized spacial score (nSPS) is 11.8. The summed E-state index contributed by atoms with van der Waals surface area (Å²) in [5.41, 5.74) is 5.82. The number of sulfonamides is 1. The van der Waals surface area contributed by atoms with E-state index in [-0.39, 0.29) is 23.9 Å². The maximum absolute atomic E-state index is 13.7. The lowest BCUT2D eigenvalue weighted by Crippen LogP contribution is -2.30. The number of hydrogen-bond donors (Lipinski definition) is 1. The molecule has 44 heavy (non-hydrogen) atoms. The van der Waals surface area contributed by atoms with Crippen molar-refractivity contribution < 1.29 is 17.6 Å². The predicted molar refractivity (Wildman–Crippen MR) is 173 cm³/mol. The van der Waals surface area contributed by atoms with Crippen molar-refractivity contribution >= 4 is 45.3 Å². The number of nitrogens with one attached hydrogen (secondary N) is 1. The molecule has 1 N–H and O–H groups in total. The van der Waals surface area contributed by atoms with Gasteiger partial charge in [0.05, 0.1) is 23.6 Å². The number of furan rings is 1. The number of amides is 1. The molecule has 224 valence electrons. The molecule has 0 aliphatic heterocycles. The highest BCUT2D eigenvalue weighted by atomic mass is 35.5. The lowest BCUT2D eigenvalue weighted by Gasteiger charge is -2.22. The van der Waals surface area contributed by atoms with E-state index in [4.69, 9.17) is 27.6 Å². The average Bonchev–Trinajstić information content (AvgIpc) is 3.46. The zero-order valence-electron chi connectivity index (χ0n) is 23.7. The molecule has 4 aromatic carbocycles. The number of benzene rings is 4. The number of carbonyl (C=O) groups is 1. The molecule has 0 bridgehead atoms. The summed E-state index contributed by atoms with van der Waals surface area (Å²) < 4.78 is 34.6. The first kappa shape index (κ1) is 31.2. The van der Waals surface area contributed by atoms with E-state index in [9.17, 15) is 13.2 Å². The molecule has 0 saturated heterocycles. The van der Waals surface area contributed by atoms with Crippen LogP contribution in [0.15, 0.2) is 130 Å². The van der Waals surface area contributed by atoms with Crippen molar-refractivity contribution in [1.82, 2.24) is 9.73 Å². The molecule has 0 aliphatic rings. The fourth-order valence-corrected chi connectivity index (χ4v) is 6.51. The SMILES string of the molecule is Cc1ccc(S(=O)(=O)N(Cc2ccc(/C=N\NC(=O)C(c3ccccc3)c3ccccc3)o2)Cc2ccc(Cl)cc2Cl)cc1. The van der Waals surface area contributed by atoms with Crippen LogP contribution >= 0.6 is 23.2 Å². The van der Waals surface area contributed by atoms with Gasteiger partial charge in [0.25, 0.3) is 5.91 Å². The minimum atomic E-state index is -3.93. The van der Waals surface area contributed by atoms with E-state index in [2.05, 4.69) is 10.5 Å². The summed E-state index contributed by atoms with van der Waals surface area (Å²) in [5, 5.41) is 4.92. The van der Waals surface area contributed by atoms with Gasteiger partial charge >= 0.3 is 0 Å². The second-order valence-electron chi connectivity index (χ2n) is 10.1. The third-order valence-electron chi connectivity index (χ3n) is 6.93. The van der Waals surface area contributed by atoms with Crippen LogP contribution in [0.4, 0.5) is 0 Å². The standard InChI is InChI=1S/C34H29Cl2N3O4S/c1-24-12-18-31(19-13-24)44(41,42)39(22-27-14-15-28(35)20-32(27)36)23-30-17-16-29(43-30)21-37-38-34(40)33(25-8-4-2-5-9-25)26-10-6-3-7-11-26/h2-21,33H,22-23H2,1H3,(H,38,40)/b37-21-. The van der Waals surface area contributed by atoms with Crippen molar-refractivity contribution in [3.63, 3.8) is 0 Å². The first-order valence-electron chi connectivity index (χ1n) is 13.7. The lowest BCUT2D eigenvalue weighted by molar-refractivity contribution is -0.121. The minimum Gasteiger partial charge on any atom is -0.459 e. The van der Waals surface area contributed by atoms with Crippen LogP contribution in [0.1, 0.15) is 39.7 Å². The fourth-order valence-electron chi connectivity index (χ4n) is 4.66. The number of hydrazone groups is 1. The van der Waals surface area contributed by atoms with Crippen molar-refractivity contribution in [3.05, 3.63) is 159 Å². The van der Waals surface area contributed by atoms with Crippen molar-refractivity contribution in [2.45, 2.75) is 30.8 Å². The third-order valence-corrected chi connectivity index (χ3v) is 9.32. The lowest BCUT2D eigenvalue weighted by atomic mass is 9.91. The van der Waals surface area contributed by atoms with Gasteiger partial charge in [-0.2, -0.15) is 9.41 Å². The second-order valence-corrected chi connectivity index (χ2v) is 12.9. The fraction of sp³-hybridized carbons (Fsp3) is 0.118. The molecular weight excluding hydrogens is 617 g/mol. The quantitative estimate of drug-likeness (QED) is 0.118. The van der Waals surface area contributed by atoms with Gasteiger partial charge in [-0.15, -0.1) is 0 Å². The molecule has 1 aromatic heterocycles. The Balaban J connectivity index is 1.34. The summed E-state index contributed by atoms with van der Waals surface area (Å²) in [7, 11) is -3.93. The van der Waals surface area contributed by atoms with Crippen molar-refractivity contribution in [2.75, 3.05) is 0 Å². The molecule has 0 aliphatic carbocycles. The van der Waals surface area contributed by atoms with Gasteiger partial charge in [0.2, 0.25) is 10.0 Å². The van der Waals surface area contributed by atoms with Crippen LogP contribution in [0.5, 0.6) is 0 Å². The van der Waals surface area contributed by atoms with E-state index in [0.29, 0.717) is 27.1 Å².